The first-order valence-corrected chi connectivity index (χ1v) is 12.1. The van der Waals surface area contributed by atoms with Crippen LogP contribution < -0.4 is 14.9 Å². The van der Waals surface area contributed by atoms with Gasteiger partial charge in [-0.3, -0.25) is 4.79 Å². The number of hydrogen-bond acceptors (Lipinski definition) is 5. The standard InChI is InChI=1S/C24H26FN2O4P/c1-3-31-32(25,29)23-11-6-18-4-5-19(16-20(18)17-23)24(28)27-14-12-26(13-15-27)21-7-9-22(30-2)10-8-21/h4-11,16-17H,3,12-15H2,1-2H3. The molecule has 1 atom stereocenters. The zero-order chi connectivity index (χ0) is 22.7. The number of fused-ring (bicyclic) bond motifs is 1. The molecule has 0 bridgehead atoms. The fourth-order valence-electron chi connectivity index (χ4n) is 3.92. The van der Waals surface area contributed by atoms with Crippen molar-refractivity contribution in [1.82, 2.24) is 4.90 Å². The average molecular weight is 456 g/mol. The molecule has 0 N–H and O–H groups in total. The van der Waals surface area contributed by atoms with E-state index < -0.39 is 7.68 Å². The van der Waals surface area contributed by atoms with Crippen LogP contribution in [0.3, 0.4) is 0 Å². The number of hydrogen-bond donors (Lipinski definition) is 0. The van der Waals surface area contributed by atoms with E-state index in [1.165, 1.54) is 12.1 Å². The van der Waals surface area contributed by atoms with Crippen molar-refractivity contribution < 1.29 is 22.8 Å². The lowest BCUT2D eigenvalue weighted by atomic mass is 10.1. The van der Waals surface area contributed by atoms with Gasteiger partial charge in [-0.15, -0.1) is 0 Å². The molecule has 1 heterocycles. The molecule has 3 aromatic carbocycles. The Morgan fingerprint density at radius 3 is 2.31 bits per heavy atom. The lowest BCUT2D eigenvalue weighted by molar-refractivity contribution is 0.0747. The minimum Gasteiger partial charge on any atom is -0.497 e. The largest absolute Gasteiger partial charge is 0.497 e. The molecular formula is C24H26FN2O4P. The monoisotopic (exact) mass is 456 g/mol. The van der Waals surface area contributed by atoms with Gasteiger partial charge in [-0.25, -0.2) is 4.57 Å². The van der Waals surface area contributed by atoms with Crippen molar-refractivity contribution in [3.63, 3.8) is 0 Å². The van der Waals surface area contributed by atoms with E-state index in [2.05, 4.69) is 4.90 Å². The lowest BCUT2D eigenvalue weighted by Crippen LogP contribution is -2.48. The number of benzene rings is 3. The number of methoxy groups -OCH3 is 1. The first-order chi connectivity index (χ1) is 15.4. The van der Waals surface area contributed by atoms with E-state index in [0.29, 0.717) is 24.0 Å². The second kappa shape index (κ2) is 9.31. The maximum Gasteiger partial charge on any atom is 0.397 e. The topological polar surface area (TPSA) is 59.1 Å². The highest BCUT2D eigenvalue weighted by molar-refractivity contribution is 7.61. The number of rotatable bonds is 6. The van der Waals surface area contributed by atoms with Gasteiger partial charge in [0.05, 0.1) is 19.0 Å². The minimum absolute atomic E-state index is 0.00422. The molecule has 1 saturated heterocycles. The molecule has 8 heteroatoms. The summed E-state index contributed by atoms with van der Waals surface area (Å²) >= 11 is 0. The molecule has 4 rings (SSSR count). The predicted molar refractivity (Wildman–Crippen MR) is 125 cm³/mol. The molecule has 168 valence electrons. The summed E-state index contributed by atoms with van der Waals surface area (Å²) in [6.45, 7) is 4.29. The summed E-state index contributed by atoms with van der Waals surface area (Å²) in [4.78, 5) is 17.2. The third-order valence-corrected chi connectivity index (χ3v) is 7.16. The highest BCUT2D eigenvalue weighted by atomic mass is 31.2. The van der Waals surface area contributed by atoms with E-state index in [-0.39, 0.29) is 17.8 Å². The summed E-state index contributed by atoms with van der Waals surface area (Å²) in [6.07, 6.45) is 0. The molecular weight excluding hydrogens is 430 g/mol. The SMILES string of the molecule is CCOP(=O)(F)c1ccc2ccc(C(=O)N3CCN(c4ccc(OC)cc4)CC3)cc2c1. The van der Waals surface area contributed by atoms with Gasteiger partial charge in [0.1, 0.15) is 5.75 Å². The van der Waals surface area contributed by atoms with E-state index in [0.717, 1.165) is 29.9 Å². The predicted octanol–water partition coefficient (Wildman–Crippen LogP) is 4.64. The molecule has 0 saturated carbocycles. The molecule has 1 aliphatic rings. The summed E-state index contributed by atoms with van der Waals surface area (Å²) < 4.78 is 36.5. The van der Waals surface area contributed by atoms with Crippen LogP contribution in [0, 0.1) is 0 Å². The number of piperazine rings is 1. The van der Waals surface area contributed by atoms with Crippen LogP contribution >= 0.6 is 7.68 Å². The van der Waals surface area contributed by atoms with Gasteiger partial charge < -0.3 is 19.1 Å². The lowest BCUT2D eigenvalue weighted by Gasteiger charge is -2.36. The number of halogens is 1. The van der Waals surface area contributed by atoms with Gasteiger partial charge in [0.2, 0.25) is 0 Å². The molecule has 6 nitrogen and oxygen atoms in total. The summed E-state index contributed by atoms with van der Waals surface area (Å²) in [5.74, 6) is 0.743. The quantitative estimate of drug-likeness (QED) is 0.506. The van der Waals surface area contributed by atoms with E-state index in [4.69, 9.17) is 9.26 Å². The Bertz CT molecular complexity index is 1160. The summed E-state index contributed by atoms with van der Waals surface area (Å²) in [7, 11) is -2.72. The molecule has 0 spiro atoms. The Labute approximate surface area is 187 Å². The molecule has 1 amide bonds. The maximum atomic E-state index is 14.4. The van der Waals surface area contributed by atoms with Crippen molar-refractivity contribution in [1.29, 1.82) is 0 Å². The Hall–Kier alpha value is -2.89. The van der Waals surface area contributed by atoms with E-state index in [1.54, 1.807) is 32.2 Å². The molecule has 0 aromatic heterocycles. The molecule has 0 radical (unpaired) electrons. The van der Waals surface area contributed by atoms with Gasteiger partial charge in [-0.1, -0.05) is 12.1 Å². The number of carbonyl (C=O) groups is 1. The normalized spacial score (nSPS) is 16.1. The van der Waals surface area contributed by atoms with Crippen molar-refractivity contribution in [2.24, 2.45) is 0 Å². The number of ether oxygens (including phenoxy) is 1. The van der Waals surface area contributed by atoms with E-state index in [9.17, 15) is 13.6 Å². The van der Waals surface area contributed by atoms with Crippen LogP contribution in [-0.2, 0) is 9.09 Å². The number of anilines is 1. The summed E-state index contributed by atoms with van der Waals surface area (Å²) in [6, 6.07) is 17.9. The van der Waals surface area contributed by atoms with Gasteiger partial charge in [0.25, 0.3) is 5.91 Å². The minimum atomic E-state index is -4.36. The Balaban J connectivity index is 1.48. The maximum absolute atomic E-state index is 14.4. The highest BCUT2D eigenvalue weighted by Gasteiger charge is 2.26. The molecule has 1 unspecified atom stereocenters. The molecule has 3 aromatic rings. The Morgan fingerprint density at radius 1 is 0.969 bits per heavy atom. The highest BCUT2D eigenvalue weighted by Crippen LogP contribution is 2.47. The fourth-order valence-corrected chi connectivity index (χ4v) is 4.94. The van der Waals surface area contributed by atoms with Crippen molar-refractivity contribution in [2.75, 3.05) is 44.8 Å². The number of amides is 1. The van der Waals surface area contributed by atoms with Crippen LogP contribution in [0.4, 0.5) is 9.88 Å². The van der Waals surface area contributed by atoms with Crippen molar-refractivity contribution in [3.05, 3.63) is 66.2 Å². The van der Waals surface area contributed by atoms with Crippen LogP contribution in [-0.4, -0.2) is 50.7 Å². The first-order valence-electron chi connectivity index (χ1n) is 10.6. The summed E-state index contributed by atoms with van der Waals surface area (Å²) in [5.41, 5.74) is 1.62. The van der Waals surface area contributed by atoms with Crippen LogP contribution in [0.25, 0.3) is 10.8 Å². The van der Waals surface area contributed by atoms with Crippen LogP contribution in [0.1, 0.15) is 17.3 Å². The van der Waals surface area contributed by atoms with Crippen LogP contribution in [0.15, 0.2) is 60.7 Å². The van der Waals surface area contributed by atoms with Gasteiger partial charge in [0.15, 0.2) is 0 Å². The second-order valence-corrected chi connectivity index (χ2v) is 9.35. The third kappa shape index (κ3) is 4.64. The second-order valence-electron chi connectivity index (χ2n) is 7.62. The van der Waals surface area contributed by atoms with Crippen molar-refractivity contribution in [3.8, 4) is 5.75 Å². The molecule has 1 aliphatic heterocycles. The smallest absolute Gasteiger partial charge is 0.397 e. The van der Waals surface area contributed by atoms with Gasteiger partial charge in [0, 0.05) is 37.4 Å². The van der Waals surface area contributed by atoms with Gasteiger partial charge >= 0.3 is 7.68 Å². The third-order valence-electron chi connectivity index (χ3n) is 5.68. The van der Waals surface area contributed by atoms with E-state index in [1.807, 2.05) is 35.2 Å². The molecule has 0 aliphatic carbocycles. The molecule has 1 fully saturated rings. The van der Waals surface area contributed by atoms with Gasteiger partial charge in [-0.2, -0.15) is 4.20 Å². The number of carbonyl (C=O) groups excluding carboxylic acids is 1. The van der Waals surface area contributed by atoms with Crippen LogP contribution in [0.2, 0.25) is 0 Å². The van der Waals surface area contributed by atoms with Crippen molar-refractivity contribution in [2.45, 2.75) is 6.92 Å². The Morgan fingerprint density at radius 2 is 1.66 bits per heavy atom. The van der Waals surface area contributed by atoms with E-state index >= 15 is 0 Å². The first kappa shape index (κ1) is 22.3. The van der Waals surface area contributed by atoms with Crippen LogP contribution in [0.5, 0.6) is 5.75 Å². The fraction of sp³-hybridized carbons (Fsp3) is 0.292. The van der Waals surface area contributed by atoms with Crippen molar-refractivity contribution >= 4 is 35.4 Å². The zero-order valence-electron chi connectivity index (χ0n) is 18.2. The summed E-state index contributed by atoms with van der Waals surface area (Å²) in [5, 5.41) is 1.50. The molecule has 32 heavy (non-hydrogen) atoms. The average Bonchev–Trinajstić information content (AvgIpc) is 2.83. The van der Waals surface area contributed by atoms with Gasteiger partial charge in [-0.05, 0) is 66.2 Å². The number of nitrogens with zero attached hydrogens (tertiary/aromatic N) is 2. The zero-order valence-corrected chi connectivity index (χ0v) is 19.1. The Kier molecular flexibility index (Phi) is 6.49.